The number of nitrogens with two attached hydrogens (primary N) is 1. The first-order chi connectivity index (χ1) is 20.0. The van der Waals surface area contributed by atoms with Crippen LogP contribution in [0.4, 0.5) is 11.4 Å². The monoisotopic (exact) mass is 552 g/mol. The van der Waals surface area contributed by atoms with E-state index in [9.17, 15) is 9.59 Å². The average molecular weight is 553 g/mol. The molecule has 3 aromatic rings. The molecule has 0 spiro atoms. The van der Waals surface area contributed by atoms with E-state index in [1.54, 1.807) is 0 Å². The molecule has 6 rings (SSSR count). The second-order valence-electron chi connectivity index (χ2n) is 11.7. The van der Waals surface area contributed by atoms with Gasteiger partial charge in [-0.3, -0.25) is 9.59 Å². The van der Waals surface area contributed by atoms with Crippen LogP contribution in [0.2, 0.25) is 0 Å². The largest absolute Gasteiger partial charge is 0.378 e. The van der Waals surface area contributed by atoms with E-state index in [4.69, 9.17) is 10.5 Å². The number of benzene rings is 3. The van der Waals surface area contributed by atoms with Crippen molar-refractivity contribution in [3.05, 3.63) is 83.9 Å². The number of hydrogen-bond donors (Lipinski definition) is 2. The van der Waals surface area contributed by atoms with Gasteiger partial charge in [0.1, 0.15) is 0 Å². The van der Waals surface area contributed by atoms with Crippen LogP contribution < -0.4 is 16.0 Å². The van der Waals surface area contributed by atoms with Gasteiger partial charge in [0.25, 0.3) is 5.91 Å². The van der Waals surface area contributed by atoms with Crippen molar-refractivity contribution in [2.45, 2.75) is 57.2 Å². The lowest BCUT2D eigenvalue weighted by Gasteiger charge is -2.36. The minimum Gasteiger partial charge on any atom is -0.378 e. The van der Waals surface area contributed by atoms with E-state index in [-0.39, 0.29) is 23.9 Å². The van der Waals surface area contributed by atoms with Gasteiger partial charge >= 0.3 is 0 Å². The zero-order valence-electron chi connectivity index (χ0n) is 23.6. The maximum atomic E-state index is 13.3. The lowest BCUT2D eigenvalue weighted by Crippen LogP contribution is -2.44. The van der Waals surface area contributed by atoms with Crippen LogP contribution in [0.15, 0.2) is 72.8 Å². The Morgan fingerprint density at radius 3 is 2.32 bits per heavy atom. The van der Waals surface area contributed by atoms with E-state index in [1.807, 2.05) is 30.3 Å². The standard InChI is InChI=1S/C34H40N4O3/c35-29-12-14-30(15-13-29)38(34(40)26-9-10-26)23-24-5-4-8-27(21-24)28-11-16-32(37-17-19-41-20-18-37)31(22-28)36-33(39)25-6-2-1-3-7-25/h1-8,11,16,21-22,26,29-30H,9-10,12-15,17-20,23,35H2,(H,36,39). The van der Waals surface area contributed by atoms with Crippen LogP contribution >= 0.6 is 0 Å². The van der Waals surface area contributed by atoms with Crippen molar-refractivity contribution >= 4 is 23.2 Å². The average Bonchev–Trinajstić information content (AvgIpc) is 3.87. The fraction of sp³-hybridized carbons (Fsp3) is 0.412. The van der Waals surface area contributed by atoms with Gasteiger partial charge in [-0.15, -0.1) is 0 Å². The summed E-state index contributed by atoms with van der Waals surface area (Å²) in [6, 6.07) is 24.6. The third-order valence-electron chi connectivity index (χ3n) is 8.64. The summed E-state index contributed by atoms with van der Waals surface area (Å²) in [7, 11) is 0. The number of anilines is 2. The van der Waals surface area contributed by atoms with Gasteiger partial charge < -0.3 is 25.6 Å². The second kappa shape index (κ2) is 12.5. The number of nitrogens with zero attached hydrogens (tertiary/aromatic N) is 2. The Morgan fingerprint density at radius 2 is 1.59 bits per heavy atom. The Balaban J connectivity index is 1.27. The Hall–Kier alpha value is -3.68. The first-order valence-corrected chi connectivity index (χ1v) is 15.0. The number of hydrogen-bond acceptors (Lipinski definition) is 5. The molecule has 41 heavy (non-hydrogen) atoms. The molecule has 2 saturated carbocycles. The van der Waals surface area contributed by atoms with E-state index in [0.717, 1.165) is 79.7 Å². The van der Waals surface area contributed by atoms with Gasteiger partial charge in [-0.2, -0.15) is 0 Å². The maximum absolute atomic E-state index is 13.3. The van der Waals surface area contributed by atoms with Crippen molar-refractivity contribution in [1.29, 1.82) is 0 Å². The van der Waals surface area contributed by atoms with Crippen LogP contribution in [0.1, 0.15) is 54.4 Å². The summed E-state index contributed by atoms with van der Waals surface area (Å²) in [6.07, 6.45) is 5.93. The molecule has 0 atom stereocenters. The molecule has 2 aliphatic carbocycles. The minimum absolute atomic E-state index is 0.132. The molecule has 1 heterocycles. The molecule has 2 amide bonds. The topological polar surface area (TPSA) is 87.9 Å². The van der Waals surface area contributed by atoms with Crippen molar-refractivity contribution in [1.82, 2.24) is 4.90 Å². The lowest BCUT2D eigenvalue weighted by molar-refractivity contribution is -0.136. The van der Waals surface area contributed by atoms with E-state index >= 15 is 0 Å². The number of amides is 2. The Bertz CT molecular complexity index is 1360. The highest BCUT2D eigenvalue weighted by Gasteiger charge is 2.37. The predicted octanol–water partition coefficient (Wildman–Crippen LogP) is 5.45. The number of nitrogens with one attached hydrogen (secondary N) is 1. The first-order valence-electron chi connectivity index (χ1n) is 15.0. The molecule has 214 valence electrons. The van der Waals surface area contributed by atoms with Crippen LogP contribution in [-0.4, -0.2) is 55.1 Å². The molecule has 0 aromatic heterocycles. The molecule has 7 nitrogen and oxygen atoms in total. The number of morpholine rings is 1. The van der Waals surface area contributed by atoms with Crippen LogP contribution in [0, 0.1) is 5.92 Å². The van der Waals surface area contributed by atoms with Gasteiger partial charge in [0.2, 0.25) is 5.91 Å². The third kappa shape index (κ3) is 6.63. The quantitative estimate of drug-likeness (QED) is 0.388. The van der Waals surface area contributed by atoms with E-state index in [2.05, 4.69) is 57.6 Å². The van der Waals surface area contributed by atoms with Crippen molar-refractivity contribution in [3.8, 4) is 11.1 Å². The fourth-order valence-electron chi connectivity index (χ4n) is 6.09. The molecule has 0 unspecified atom stereocenters. The SMILES string of the molecule is NC1CCC(N(Cc2cccc(-c3ccc(N4CCOCC4)c(NC(=O)c4ccccc4)c3)c2)C(=O)C2CC2)CC1. The molecule has 1 saturated heterocycles. The van der Waals surface area contributed by atoms with Gasteiger partial charge in [-0.25, -0.2) is 0 Å². The second-order valence-corrected chi connectivity index (χ2v) is 11.7. The Morgan fingerprint density at radius 1 is 0.854 bits per heavy atom. The van der Waals surface area contributed by atoms with Crippen LogP contribution in [0.5, 0.6) is 0 Å². The molecule has 7 heteroatoms. The molecule has 1 aliphatic heterocycles. The molecular formula is C34H40N4O3. The first kappa shape index (κ1) is 27.5. The summed E-state index contributed by atoms with van der Waals surface area (Å²) < 4.78 is 5.57. The van der Waals surface area contributed by atoms with E-state index < -0.39 is 0 Å². The van der Waals surface area contributed by atoms with E-state index in [1.165, 1.54) is 0 Å². The van der Waals surface area contributed by atoms with Gasteiger partial charge in [-0.05, 0) is 85.5 Å². The maximum Gasteiger partial charge on any atom is 0.255 e. The van der Waals surface area contributed by atoms with Crippen molar-refractivity contribution in [2.24, 2.45) is 11.7 Å². The predicted molar refractivity (Wildman–Crippen MR) is 163 cm³/mol. The highest BCUT2D eigenvalue weighted by atomic mass is 16.5. The number of carbonyl (C=O) groups excluding carboxylic acids is 2. The normalized spacial score (nSPS) is 20.9. The van der Waals surface area contributed by atoms with E-state index in [0.29, 0.717) is 31.2 Å². The van der Waals surface area contributed by atoms with Gasteiger partial charge in [0, 0.05) is 43.2 Å². The Labute approximate surface area is 242 Å². The summed E-state index contributed by atoms with van der Waals surface area (Å²) in [4.78, 5) is 30.9. The molecular weight excluding hydrogens is 512 g/mol. The highest BCUT2D eigenvalue weighted by molar-refractivity contribution is 6.06. The molecule has 3 fully saturated rings. The zero-order valence-corrected chi connectivity index (χ0v) is 23.6. The summed E-state index contributed by atoms with van der Waals surface area (Å²) in [5.41, 5.74) is 11.8. The van der Waals surface area contributed by atoms with Crippen LogP contribution in [0.3, 0.4) is 0 Å². The lowest BCUT2D eigenvalue weighted by atomic mass is 9.90. The summed E-state index contributed by atoms with van der Waals surface area (Å²) in [6.45, 7) is 3.50. The number of ether oxygens (including phenoxy) is 1. The van der Waals surface area contributed by atoms with Crippen molar-refractivity contribution in [2.75, 3.05) is 36.5 Å². The summed E-state index contributed by atoms with van der Waals surface area (Å²) in [5.74, 6) is 0.362. The molecule has 3 N–H and O–H groups in total. The Kier molecular flexibility index (Phi) is 8.35. The van der Waals surface area contributed by atoms with Crippen molar-refractivity contribution in [3.63, 3.8) is 0 Å². The smallest absolute Gasteiger partial charge is 0.255 e. The molecule has 0 radical (unpaired) electrons. The minimum atomic E-state index is -0.132. The van der Waals surface area contributed by atoms with Gasteiger partial charge in [0.15, 0.2) is 0 Å². The summed E-state index contributed by atoms with van der Waals surface area (Å²) in [5, 5.41) is 3.18. The van der Waals surface area contributed by atoms with Crippen LogP contribution in [-0.2, 0) is 16.1 Å². The van der Waals surface area contributed by atoms with Crippen molar-refractivity contribution < 1.29 is 14.3 Å². The van der Waals surface area contributed by atoms with Gasteiger partial charge in [-0.1, -0.05) is 42.5 Å². The molecule has 0 bridgehead atoms. The highest BCUT2D eigenvalue weighted by Crippen LogP contribution is 2.36. The summed E-state index contributed by atoms with van der Waals surface area (Å²) >= 11 is 0. The molecule has 3 aromatic carbocycles. The fourth-order valence-corrected chi connectivity index (χ4v) is 6.09. The number of rotatable bonds is 8. The number of carbonyl (C=O) groups is 2. The van der Waals surface area contributed by atoms with Crippen LogP contribution in [0.25, 0.3) is 11.1 Å². The van der Waals surface area contributed by atoms with Gasteiger partial charge in [0.05, 0.1) is 24.6 Å². The third-order valence-corrected chi connectivity index (χ3v) is 8.64. The zero-order chi connectivity index (χ0) is 28.2. The molecule has 3 aliphatic rings.